The maximum absolute atomic E-state index is 12.6. The average Bonchev–Trinajstić information content (AvgIpc) is 2.90. The smallest absolute Gasteiger partial charge is 0.261 e. The Morgan fingerprint density at radius 2 is 1.88 bits per heavy atom. The van der Waals surface area contributed by atoms with Crippen LogP contribution in [0.15, 0.2) is 30.3 Å². The van der Waals surface area contributed by atoms with Crippen molar-refractivity contribution in [1.82, 2.24) is 15.3 Å². The standard InChI is InChI=1S/C19H21N3OS/c1-11(15-8-6-5-7-9-15)10-20-18(23)17-12(2)16-13(3)21-14(4)22-19(16)24-17/h5-9,11H,10H2,1-4H3,(H,20,23)/t11-/m1/s1. The van der Waals surface area contributed by atoms with E-state index >= 15 is 0 Å². The van der Waals surface area contributed by atoms with Crippen molar-refractivity contribution in [2.75, 3.05) is 6.54 Å². The van der Waals surface area contributed by atoms with Crippen LogP contribution in [-0.2, 0) is 0 Å². The van der Waals surface area contributed by atoms with Crippen molar-refractivity contribution in [1.29, 1.82) is 0 Å². The van der Waals surface area contributed by atoms with Crippen molar-refractivity contribution >= 4 is 27.5 Å². The fraction of sp³-hybridized carbons (Fsp3) is 0.316. The highest BCUT2D eigenvalue weighted by Gasteiger charge is 2.19. The third-order valence-corrected chi connectivity index (χ3v) is 5.41. The van der Waals surface area contributed by atoms with Crippen LogP contribution in [0.3, 0.4) is 0 Å². The molecule has 24 heavy (non-hydrogen) atoms. The lowest BCUT2D eigenvalue weighted by molar-refractivity contribution is 0.0955. The van der Waals surface area contributed by atoms with Crippen LogP contribution < -0.4 is 5.32 Å². The zero-order valence-electron chi connectivity index (χ0n) is 14.4. The summed E-state index contributed by atoms with van der Waals surface area (Å²) in [7, 11) is 0. The van der Waals surface area contributed by atoms with Crippen LogP contribution >= 0.6 is 11.3 Å². The van der Waals surface area contributed by atoms with E-state index in [1.165, 1.54) is 16.9 Å². The molecule has 0 aliphatic heterocycles. The number of nitrogens with zero attached hydrogens (tertiary/aromatic N) is 2. The summed E-state index contributed by atoms with van der Waals surface area (Å²) in [5, 5.41) is 4.06. The number of aryl methyl sites for hydroxylation is 3. The van der Waals surface area contributed by atoms with Gasteiger partial charge in [0.05, 0.1) is 4.88 Å². The lowest BCUT2D eigenvalue weighted by atomic mass is 10.0. The molecule has 1 atom stereocenters. The number of amides is 1. The summed E-state index contributed by atoms with van der Waals surface area (Å²) in [6.45, 7) is 8.55. The molecule has 1 aromatic carbocycles. The van der Waals surface area contributed by atoms with Crippen LogP contribution in [-0.4, -0.2) is 22.4 Å². The van der Waals surface area contributed by atoms with Crippen molar-refractivity contribution < 1.29 is 4.79 Å². The van der Waals surface area contributed by atoms with Gasteiger partial charge < -0.3 is 5.32 Å². The molecule has 0 saturated heterocycles. The number of carbonyl (C=O) groups is 1. The van der Waals surface area contributed by atoms with E-state index in [-0.39, 0.29) is 11.8 Å². The molecule has 0 fully saturated rings. The molecule has 3 aromatic rings. The topological polar surface area (TPSA) is 54.9 Å². The molecule has 124 valence electrons. The van der Waals surface area contributed by atoms with E-state index in [4.69, 9.17) is 0 Å². The van der Waals surface area contributed by atoms with Gasteiger partial charge in [-0.2, -0.15) is 0 Å². The Hall–Kier alpha value is -2.27. The Morgan fingerprint density at radius 3 is 2.58 bits per heavy atom. The normalized spacial score (nSPS) is 12.3. The molecule has 2 heterocycles. The molecule has 5 heteroatoms. The Bertz CT molecular complexity index is 887. The second-order valence-corrected chi connectivity index (χ2v) is 7.11. The van der Waals surface area contributed by atoms with Crippen LogP contribution in [0.5, 0.6) is 0 Å². The molecule has 0 aliphatic rings. The largest absolute Gasteiger partial charge is 0.351 e. The van der Waals surface area contributed by atoms with Crippen LogP contribution in [0, 0.1) is 20.8 Å². The zero-order valence-corrected chi connectivity index (χ0v) is 15.2. The third-order valence-electron chi connectivity index (χ3n) is 4.23. The molecule has 0 spiro atoms. The first-order valence-corrected chi connectivity index (χ1v) is 8.86. The number of benzene rings is 1. The predicted octanol–water partition coefficient (Wildman–Crippen LogP) is 4.15. The van der Waals surface area contributed by atoms with Crippen molar-refractivity contribution in [2.24, 2.45) is 0 Å². The number of thiophene rings is 1. The lowest BCUT2D eigenvalue weighted by Crippen LogP contribution is -2.27. The van der Waals surface area contributed by atoms with Gasteiger partial charge in [0.15, 0.2) is 0 Å². The third kappa shape index (κ3) is 3.17. The number of hydrogen-bond acceptors (Lipinski definition) is 4. The second kappa shape index (κ2) is 6.69. The van der Waals surface area contributed by atoms with E-state index in [1.807, 2.05) is 39.0 Å². The van der Waals surface area contributed by atoms with Gasteiger partial charge in [-0.3, -0.25) is 4.79 Å². The average molecular weight is 339 g/mol. The minimum Gasteiger partial charge on any atom is -0.351 e. The number of fused-ring (bicyclic) bond motifs is 1. The fourth-order valence-corrected chi connectivity index (χ4v) is 4.11. The molecule has 0 unspecified atom stereocenters. The lowest BCUT2D eigenvalue weighted by Gasteiger charge is -2.12. The first-order chi connectivity index (χ1) is 11.5. The molecule has 4 nitrogen and oxygen atoms in total. The monoisotopic (exact) mass is 339 g/mol. The molecule has 1 amide bonds. The van der Waals surface area contributed by atoms with Gasteiger partial charge in [-0.25, -0.2) is 9.97 Å². The van der Waals surface area contributed by atoms with Crippen LogP contribution in [0.25, 0.3) is 10.2 Å². The van der Waals surface area contributed by atoms with Crippen molar-refractivity contribution in [2.45, 2.75) is 33.6 Å². The van der Waals surface area contributed by atoms with Crippen molar-refractivity contribution in [3.63, 3.8) is 0 Å². The first kappa shape index (κ1) is 16.6. The Labute approximate surface area is 146 Å². The summed E-state index contributed by atoms with van der Waals surface area (Å²) < 4.78 is 0. The van der Waals surface area contributed by atoms with Crippen molar-refractivity contribution in [3.8, 4) is 0 Å². The van der Waals surface area contributed by atoms with Crippen LogP contribution in [0.1, 0.15) is 45.2 Å². The minimum atomic E-state index is -0.0321. The van der Waals surface area contributed by atoms with Gasteiger partial charge in [0, 0.05) is 17.6 Å². The van der Waals surface area contributed by atoms with Gasteiger partial charge in [0.2, 0.25) is 0 Å². The summed E-state index contributed by atoms with van der Waals surface area (Å²) in [6, 6.07) is 10.2. The fourth-order valence-electron chi connectivity index (χ4n) is 2.92. The van der Waals surface area contributed by atoms with Gasteiger partial charge in [0.25, 0.3) is 5.91 Å². The maximum Gasteiger partial charge on any atom is 0.261 e. The highest BCUT2D eigenvalue weighted by Crippen LogP contribution is 2.31. The van der Waals surface area contributed by atoms with E-state index in [0.717, 1.165) is 32.2 Å². The summed E-state index contributed by atoms with van der Waals surface area (Å²) in [4.78, 5) is 23.1. The number of hydrogen-bond donors (Lipinski definition) is 1. The molecule has 0 radical (unpaired) electrons. The Kier molecular flexibility index (Phi) is 4.62. The van der Waals surface area contributed by atoms with Gasteiger partial charge in [0.1, 0.15) is 10.7 Å². The summed E-state index contributed by atoms with van der Waals surface area (Å²) >= 11 is 1.44. The van der Waals surface area contributed by atoms with Crippen LogP contribution in [0.4, 0.5) is 0 Å². The summed E-state index contributed by atoms with van der Waals surface area (Å²) in [5.41, 5.74) is 3.13. The van der Waals surface area contributed by atoms with E-state index in [2.05, 4.69) is 34.3 Å². The predicted molar refractivity (Wildman–Crippen MR) is 98.8 cm³/mol. The first-order valence-electron chi connectivity index (χ1n) is 8.05. The Morgan fingerprint density at radius 1 is 1.17 bits per heavy atom. The minimum absolute atomic E-state index is 0.0321. The van der Waals surface area contributed by atoms with E-state index < -0.39 is 0 Å². The quantitative estimate of drug-likeness (QED) is 0.777. The Balaban J connectivity index is 1.79. The molecule has 0 saturated carbocycles. The van der Waals surface area contributed by atoms with Gasteiger partial charge in [-0.15, -0.1) is 11.3 Å². The van der Waals surface area contributed by atoms with Gasteiger partial charge in [-0.1, -0.05) is 37.3 Å². The van der Waals surface area contributed by atoms with Gasteiger partial charge >= 0.3 is 0 Å². The van der Waals surface area contributed by atoms with Crippen LogP contribution in [0.2, 0.25) is 0 Å². The SMILES string of the molecule is Cc1nc(C)c2c(C)c(C(=O)NC[C@@H](C)c3ccccc3)sc2n1. The molecule has 1 N–H and O–H groups in total. The zero-order chi connectivity index (χ0) is 17.3. The molecule has 0 bridgehead atoms. The number of nitrogens with one attached hydrogen (secondary N) is 1. The highest BCUT2D eigenvalue weighted by atomic mass is 32.1. The number of aromatic nitrogens is 2. The second-order valence-electron chi connectivity index (χ2n) is 6.11. The molecular weight excluding hydrogens is 318 g/mol. The molecule has 0 aliphatic carbocycles. The molecular formula is C19H21N3OS. The molecule has 3 rings (SSSR count). The highest BCUT2D eigenvalue weighted by molar-refractivity contribution is 7.20. The number of rotatable bonds is 4. The maximum atomic E-state index is 12.6. The van der Waals surface area contributed by atoms with E-state index in [1.54, 1.807) is 0 Å². The van der Waals surface area contributed by atoms with E-state index in [9.17, 15) is 4.79 Å². The van der Waals surface area contributed by atoms with Gasteiger partial charge in [-0.05, 0) is 37.8 Å². The number of carbonyl (C=O) groups excluding carboxylic acids is 1. The summed E-state index contributed by atoms with van der Waals surface area (Å²) in [5.74, 6) is 0.981. The van der Waals surface area contributed by atoms with Crippen molar-refractivity contribution in [3.05, 3.63) is 57.9 Å². The van der Waals surface area contributed by atoms with E-state index in [0.29, 0.717) is 6.54 Å². The summed E-state index contributed by atoms with van der Waals surface area (Å²) in [6.07, 6.45) is 0. The molecule has 2 aromatic heterocycles.